The predicted octanol–water partition coefficient (Wildman–Crippen LogP) is 3.78. The van der Waals surface area contributed by atoms with Crippen LogP contribution in [-0.4, -0.2) is 47.0 Å². The van der Waals surface area contributed by atoms with Crippen LogP contribution in [0.5, 0.6) is 0 Å². The molecule has 1 aromatic heterocycles. The highest BCUT2D eigenvalue weighted by molar-refractivity contribution is 9.10. The van der Waals surface area contributed by atoms with Crippen LogP contribution >= 0.6 is 39.0 Å². The molecule has 1 aliphatic rings. The number of aromatic nitrogens is 1. The second-order valence-corrected chi connectivity index (χ2v) is 10.2. The van der Waals surface area contributed by atoms with Crippen LogP contribution in [0.1, 0.15) is 12.5 Å². The minimum Gasteiger partial charge on any atom is -0.465 e. The summed E-state index contributed by atoms with van der Waals surface area (Å²) < 4.78 is 8.57. The van der Waals surface area contributed by atoms with E-state index in [9.17, 15) is 14.4 Å². The Morgan fingerprint density at radius 2 is 2.00 bits per heavy atom. The minimum atomic E-state index is -0.389. The van der Waals surface area contributed by atoms with Crippen molar-refractivity contribution in [2.24, 2.45) is 4.99 Å². The first-order chi connectivity index (χ1) is 16.0. The van der Waals surface area contributed by atoms with Gasteiger partial charge in [-0.05, 0) is 43.2 Å². The molecule has 0 aliphatic carbocycles. The van der Waals surface area contributed by atoms with E-state index in [1.54, 1.807) is 16.4 Å². The Labute approximate surface area is 207 Å². The number of hydrogen-bond donors (Lipinski definition) is 0. The molecule has 0 N–H and O–H groups in total. The lowest BCUT2D eigenvalue weighted by Crippen LogP contribution is -2.30. The summed E-state index contributed by atoms with van der Waals surface area (Å²) in [5.41, 5.74) is 2.93. The Morgan fingerprint density at radius 1 is 1.18 bits per heavy atom. The van der Waals surface area contributed by atoms with E-state index in [1.807, 2.05) is 42.5 Å². The van der Waals surface area contributed by atoms with Crippen LogP contribution in [0.25, 0.3) is 10.2 Å². The van der Waals surface area contributed by atoms with Gasteiger partial charge in [-0.3, -0.25) is 14.4 Å². The summed E-state index contributed by atoms with van der Waals surface area (Å²) in [5.74, 6) is -0.462. The molecule has 3 aromatic rings. The Kier molecular flexibility index (Phi) is 7.67. The van der Waals surface area contributed by atoms with Gasteiger partial charge in [0.15, 0.2) is 4.80 Å². The van der Waals surface area contributed by atoms with E-state index in [0.717, 1.165) is 26.8 Å². The molecule has 2 heterocycles. The molecule has 0 bridgehead atoms. The molecule has 0 fully saturated rings. The number of nitrogens with zero attached hydrogens (tertiary/aromatic N) is 3. The third-order valence-corrected chi connectivity index (χ3v) is 7.53. The van der Waals surface area contributed by atoms with Crippen molar-refractivity contribution < 1.29 is 19.1 Å². The zero-order chi connectivity index (χ0) is 23.4. The van der Waals surface area contributed by atoms with Crippen LogP contribution in [0.3, 0.4) is 0 Å². The molecule has 0 saturated heterocycles. The Morgan fingerprint density at radius 3 is 2.82 bits per heavy atom. The van der Waals surface area contributed by atoms with Gasteiger partial charge < -0.3 is 14.2 Å². The number of ether oxygens (including phenoxy) is 1. The average molecular weight is 548 g/mol. The topological polar surface area (TPSA) is 81.0 Å². The van der Waals surface area contributed by atoms with E-state index in [0.29, 0.717) is 11.3 Å². The molecule has 0 atom stereocenters. The number of anilines is 1. The molecule has 0 unspecified atom stereocenters. The third-order valence-electron chi connectivity index (χ3n) is 5.10. The molecule has 0 radical (unpaired) electrons. The van der Waals surface area contributed by atoms with E-state index in [2.05, 4.69) is 20.9 Å². The molecule has 2 aromatic carbocycles. The van der Waals surface area contributed by atoms with Crippen molar-refractivity contribution >= 4 is 72.7 Å². The van der Waals surface area contributed by atoms with Gasteiger partial charge in [0.2, 0.25) is 5.91 Å². The number of carbonyl (C=O) groups excluding carboxylic acids is 3. The lowest BCUT2D eigenvalue weighted by molar-refractivity contribution is -0.143. The molecular formula is C23H22BrN3O4S2. The quantitative estimate of drug-likeness (QED) is 0.420. The summed E-state index contributed by atoms with van der Waals surface area (Å²) in [4.78, 5) is 43.8. The van der Waals surface area contributed by atoms with Gasteiger partial charge >= 0.3 is 5.97 Å². The van der Waals surface area contributed by atoms with Crippen LogP contribution in [0, 0.1) is 0 Å². The number of esters is 1. The minimum absolute atomic E-state index is 0.0122. The fraction of sp³-hybridized carbons (Fsp3) is 0.304. The largest absolute Gasteiger partial charge is 0.465 e. The lowest BCUT2D eigenvalue weighted by atomic mass is 10.2. The number of benzene rings is 2. The van der Waals surface area contributed by atoms with Crippen LogP contribution in [0.2, 0.25) is 0 Å². The highest BCUT2D eigenvalue weighted by Crippen LogP contribution is 2.28. The first kappa shape index (κ1) is 23.7. The van der Waals surface area contributed by atoms with Crippen molar-refractivity contribution in [3.05, 3.63) is 57.3 Å². The molecule has 1 aliphatic heterocycles. The first-order valence-electron chi connectivity index (χ1n) is 10.4. The number of thiazole rings is 1. The smallest absolute Gasteiger partial charge is 0.326 e. The highest BCUT2D eigenvalue weighted by Gasteiger charge is 2.24. The third kappa shape index (κ3) is 5.56. The number of hydrogen-bond acceptors (Lipinski definition) is 6. The number of carbonyl (C=O) groups is 3. The fourth-order valence-electron chi connectivity index (χ4n) is 3.66. The maximum absolute atomic E-state index is 12.6. The molecule has 7 nitrogen and oxygen atoms in total. The van der Waals surface area contributed by atoms with Gasteiger partial charge in [0, 0.05) is 16.7 Å². The Balaban J connectivity index is 1.45. The normalized spacial score (nSPS) is 13.4. The van der Waals surface area contributed by atoms with Crippen molar-refractivity contribution in [2.45, 2.75) is 19.9 Å². The van der Waals surface area contributed by atoms with Crippen molar-refractivity contribution in [3.8, 4) is 0 Å². The molecule has 4 rings (SSSR count). The molecule has 10 heteroatoms. The predicted molar refractivity (Wildman–Crippen MR) is 135 cm³/mol. The fourth-order valence-corrected chi connectivity index (χ4v) is 5.93. The van der Waals surface area contributed by atoms with Crippen molar-refractivity contribution in [2.75, 3.05) is 29.6 Å². The molecule has 172 valence electrons. The number of halogens is 1. The monoisotopic (exact) mass is 547 g/mol. The Hall–Kier alpha value is -2.43. The average Bonchev–Trinajstić information content (AvgIpc) is 3.35. The molecule has 33 heavy (non-hydrogen) atoms. The van der Waals surface area contributed by atoms with Gasteiger partial charge in [0.25, 0.3) is 5.91 Å². The number of para-hydroxylation sites is 1. The van der Waals surface area contributed by atoms with Gasteiger partial charge in [-0.25, -0.2) is 0 Å². The standard InChI is InChI=1S/C23H22BrN3O4S2/c1-2-31-22(30)12-27-18-8-7-16(24)11-19(18)33-23(27)25-20(28)13-32-14-21(29)26-10-9-15-5-3-4-6-17(15)26/h3-8,11H,2,9-10,12-14H2,1H3. The molecular weight excluding hydrogens is 526 g/mol. The van der Waals surface area contributed by atoms with Crippen LogP contribution < -0.4 is 9.70 Å². The highest BCUT2D eigenvalue weighted by atomic mass is 79.9. The van der Waals surface area contributed by atoms with E-state index < -0.39 is 0 Å². The number of thioether (sulfide) groups is 1. The summed E-state index contributed by atoms with van der Waals surface area (Å²) in [5, 5.41) is 0. The number of rotatable bonds is 7. The zero-order valence-electron chi connectivity index (χ0n) is 18.0. The number of fused-ring (bicyclic) bond motifs is 2. The van der Waals surface area contributed by atoms with Crippen LogP contribution in [0.4, 0.5) is 5.69 Å². The van der Waals surface area contributed by atoms with Crippen LogP contribution in [0.15, 0.2) is 51.9 Å². The molecule has 0 spiro atoms. The first-order valence-corrected chi connectivity index (χ1v) is 13.2. The summed E-state index contributed by atoms with van der Waals surface area (Å²) in [6.45, 7) is 2.67. The summed E-state index contributed by atoms with van der Waals surface area (Å²) in [7, 11) is 0. The lowest BCUT2D eigenvalue weighted by Gasteiger charge is -2.16. The van der Waals surface area contributed by atoms with Gasteiger partial charge in [-0.2, -0.15) is 4.99 Å². The summed E-state index contributed by atoms with van der Waals surface area (Å²) >= 11 is 6.03. The van der Waals surface area contributed by atoms with E-state index in [-0.39, 0.29) is 42.4 Å². The SMILES string of the molecule is CCOC(=O)Cn1c(=NC(=O)CSCC(=O)N2CCc3ccccc32)sc2cc(Br)ccc21. The van der Waals surface area contributed by atoms with Gasteiger partial charge in [-0.1, -0.05) is 45.5 Å². The van der Waals surface area contributed by atoms with E-state index in [4.69, 9.17) is 4.74 Å². The van der Waals surface area contributed by atoms with E-state index >= 15 is 0 Å². The molecule has 0 saturated carbocycles. The summed E-state index contributed by atoms with van der Waals surface area (Å²) in [6, 6.07) is 13.6. The van der Waals surface area contributed by atoms with Gasteiger partial charge in [0.05, 0.1) is 28.3 Å². The Bertz CT molecular complexity index is 1280. The molecule has 2 amide bonds. The maximum atomic E-state index is 12.6. The maximum Gasteiger partial charge on any atom is 0.326 e. The second kappa shape index (κ2) is 10.7. The van der Waals surface area contributed by atoms with Crippen molar-refractivity contribution in [3.63, 3.8) is 0 Å². The van der Waals surface area contributed by atoms with Gasteiger partial charge in [0.1, 0.15) is 6.54 Å². The second-order valence-electron chi connectivity index (χ2n) is 7.31. The van der Waals surface area contributed by atoms with Crippen molar-refractivity contribution in [1.29, 1.82) is 0 Å². The van der Waals surface area contributed by atoms with Gasteiger partial charge in [-0.15, -0.1) is 11.8 Å². The van der Waals surface area contributed by atoms with Crippen LogP contribution in [-0.2, 0) is 32.1 Å². The zero-order valence-corrected chi connectivity index (χ0v) is 21.2. The van der Waals surface area contributed by atoms with Crippen molar-refractivity contribution in [1.82, 2.24) is 4.57 Å². The van der Waals surface area contributed by atoms with E-state index in [1.165, 1.54) is 28.7 Å². The summed E-state index contributed by atoms with van der Waals surface area (Å²) in [6.07, 6.45) is 0.851. The number of amides is 2.